The first-order chi connectivity index (χ1) is 15.4. The zero-order valence-corrected chi connectivity index (χ0v) is 19.0. The Morgan fingerprint density at radius 1 is 1.06 bits per heavy atom. The number of ether oxygens (including phenoxy) is 3. The Labute approximate surface area is 189 Å². The van der Waals surface area contributed by atoms with E-state index in [1.54, 1.807) is 40.0 Å². The van der Waals surface area contributed by atoms with Gasteiger partial charge in [0.2, 0.25) is 5.75 Å². The third kappa shape index (κ3) is 4.05. The van der Waals surface area contributed by atoms with Gasteiger partial charge in [0.1, 0.15) is 17.1 Å². The summed E-state index contributed by atoms with van der Waals surface area (Å²) in [5.41, 5.74) is 1.54. The Bertz CT molecular complexity index is 1220. The number of aliphatic imine (C=N–C) groups is 1. The summed E-state index contributed by atoms with van der Waals surface area (Å²) in [6.07, 6.45) is 0.374. The molecule has 4 rings (SSSR count). The molecule has 1 aliphatic heterocycles. The van der Waals surface area contributed by atoms with E-state index < -0.39 is 5.63 Å². The standard InChI is InChI=1S/C24H23NO6S/c1-13-9-17(26)22(24(27)31-13)16-12-21(32-20-8-6-5-7-15(20)25-16)14-10-18(28-2)23(30-4)19(11-14)29-3/h5-11,21,26H,12H2,1-4H3/t21-/m1/s1. The molecule has 0 saturated carbocycles. The number of benzene rings is 2. The van der Waals surface area contributed by atoms with Crippen LogP contribution >= 0.6 is 11.8 Å². The average molecular weight is 454 g/mol. The van der Waals surface area contributed by atoms with Crippen LogP contribution in [0.1, 0.15) is 28.6 Å². The molecule has 0 aliphatic carbocycles. The van der Waals surface area contributed by atoms with Crippen LogP contribution in [0.4, 0.5) is 5.69 Å². The molecule has 2 heterocycles. The van der Waals surface area contributed by atoms with Crippen LogP contribution in [-0.4, -0.2) is 32.1 Å². The number of fused-ring (bicyclic) bond motifs is 1. The van der Waals surface area contributed by atoms with Crippen molar-refractivity contribution in [1.29, 1.82) is 0 Å². The first kappa shape index (κ1) is 21.8. The van der Waals surface area contributed by atoms with Gasteiger partial charge in [0.25, 0.3) is 0 Å². The zero-order chi connectivity index (χ0) is 22.8. The van der Waals surface area contributed by atoms with E-state index in [1.807, 2.05) is 36.4 Å². The number of para-hydroxylation sites is 1. The fourth-order valence-electron chi connectivity index (χ4n) is 3.70. The van der Waals surface area contributed by atoms with Crippen LogP contribution < -0.4 is 19.8 Å². The zero-order valence-electron chi connectivity index (χ0n) is 18.2. The number of aryl methyl sites for hydroxylation is 1. The highest BCUT2D eigenvalue weighted by Crippen LogP contribution is 2.49. The summed E-state index contributed by atoms with van der Waals surface area (Å²) in [4.78, 5) is 18.3. The molecule has 32 heavy (non-hydrogen) atoms. The summed E-state index contributed by atoms with van der Waals surface area (Å²) in [5, 5.41) is 10.4. The van der Waals surface area contributed by atoms with Crippen LogP contribution in [-0.2, 0) is 0 Å². The number of hydrogen-bond donors (Lipinski definition) is 1. The van der Waals surface area contributed by atoms with Crippen LogP contribution in [0.5, 0.6) is 23.0 Å². The minimum atomic E-state index is -0.616. The molecule has 1 atom stereocenters. The summed E-state index contributed by atoms with van der Waals surface area (Å²) >= 11 is 1.62. The van der Waals surface area contributed by atoms with Crippen molar-refractivity contribution in [2.75, 3.05) is 21.3 Å². The third-order valence-electron chi connectivity index (χ3n) is 5.17. The van der Waals surface area contributed by atoms with Gasteiger partial charge in [-0.1, -0.05) is 12.1 Å². The Balaban J connectivity index is 1.88. The minimum absolute atomic E-state index is 0.0744. The summed E-state index contributed by atoms with van der Waals surface area (Å²) in [5.74, 6) is 1.77. The highest BCUT2D eigenvalue weighted by molar-refractivity contribution is 7.99. The number of hydrogen-bond acceptors (Lipinski definition) is 8. The number of nitrogens with zero attached hydrogens (tertiary/aromatic N) is 1. The molecule has 1 aliphatic rings. The van der Waals surface area contributed by atoms with E-state index >= 15 is 0 Å². The third-order valence-corrected chi connectivity index (χ3v) is 6.49. The van der Waals surface area contributed by atoms with E-state index in [2.05, 4.69) is 0 Å². The smallest absolute Gasteiger partial charge is 0.348 e. The molecule has 166 valence electrons. The highest BCUT2D eigenvalue weighted by atomic mass is 32.2. The molecule has 0 spiro atoms. The van der Waals surface area contributed by atoms with Crippen LogP contribution in [0.15, 0.2) is 61.6 Å². The van der Waals surface area contributed by atoms with Gasteiger partial charge in [0.05, 0.1) is 32.7 Å². The van der Waals surface area contributed by atoms with Gasteiger partial charge in [-0.15, -0.1) is 11.8 Å². The fourth-order valence-corrected chi connectivity index (χ4v) is 4.91. The van der Waals surface area contributed by atoms with E-state index in [0.29, 0.717) is 35.1 Å². The lowest BCUT2D eigenvalue weighted by atomic mass is 10.0. The number of thioether (sulfide) groups is 1. The van der Waals surface area contributed by atoms with Crippen LogP contribution in [0.25, 0.3) is 0 Å². The molecule has 0 radical (unpaired) electrons. The van der Waals surface area contributed by atoms with Gasteiger partial charge in [-0.3, -0.25) is 4.99 Å². The van der Waals surface area contributed by atoms with Crippen molar-refractivity contribution >= 4 is 23.2 Å². The highest BCUT2D eigenvalue weighted by Gasteiger charge is 2.28. The molecule has 1 aromatic heterocycles. The molecule has 1 N–H and O–H groups in total. The Hall–Kier alpha value is -3.39. The number of aromatic hydroxyl groups is 1. The monoisotopic (exact) mass is 453 g/mol. The van der Waals surface area contributed by atoms with Crippen molar-refractivity contribution in [3.05, 3.63) is 69.8 Å². The van der Waals surface area contributed by atoms with E-state index in [9.17, 15) is 9.90 Å². The van der Waals surface area contributed by atoms with Crippen molar-refractivity contribution in [3.63, 3.8) is 0 Å². The molecule has 0 unspecified atom stereocenters. The molecular formula is C24H23NO6S. The quantitative estimate of drug-likeness (QED) is 0.579. The van der Waals surface area contributed by atoms with E-state index in [0.717, 1.165) is 16.1 Å². The Kier molecular flexibility index (Phi) is 6.14. The maximum atomic E-state index is 12.6. The first-order valence-corrected chi connectivity index (χ1v) is 10.8. The van der Waals surface area contributed by atoms with E-state index in [-0.39, 0.29) is 16.6 Å². The molecule has 8 heteroatoms. The summed E-state index contributed by atoms with van der Waals surface area (Å²) in [6.45, 7) is 1.61. The van der Waals surface area contributed by atoms with Crippen molar-refractivity contribution in [1.82, 2.24) is 0 Å². The maximum Gasteiger partial charge on any atom is 0.348 e. The van der Waals surface area contributed by atoms with Gasteiger partial charge < -0.3 is 23.7 Å². The predicted octanol–water partition coefficient (Wildman–Crippen LogP) is 5.04. The molecule has 3 aromatic rings. The Morgan fingerprint density at radius 3 is 2.38 bits per heavy atom. The second-order valence-corrected chi connectivity index (χ2v) is 8.44. The predicted molar refractivity (Wildman–Crippen MR) is 123 cm³/mol. The second kappa shape index (κ2) is 9.00. The number of rotatable bonds is 5. The van der Waals surface area contributed by atoms with E-state index in [4.69, 9.17) is 23.6 Å². The van der Waals surface area contributed by atoms with Gasteiger partial charge in [0.15, 0.2) is 11.5 Å². The van der Waals surface area contributed by atoms with Gasteiger partial charge >= 0.3 is 5.63 Å². The summed E-state index contributed by atoms with van der Waals surface area (Å²) in [6, 6.07) is 12.9. The van der Waals surface area contributed by atoms with Crippen molar-refractivity contribution in [2.45, 2.75) is 23.5 Å². The Morgan fingerprint density at radius 2 is 1.75 bits per heavy atom. The second-order valence-electron chi connectivity index (χ2n) is 7.20. The van der Waals surface area contributed by atoms with E-state index in [1.165, 1.54) is 6.07 Å². The molecule has 0 saturated heterocycles. The topological polar surface area (TPSA) is 90.5 Å². The van der Waals surface area contributed by atoms with Crippen LogP contribution in [0, 0.1) is 6.92 Å². The molecule has 0 bridgehead atoms. The summed E-state index contributed by atoms with van der Waals surface area (Å²) in [7, 11) is 4.69. The van der Waals surface area contributed by atoms with Crippen molar-refractivity contribution in [2.24, 2.45) is 4.99 Å². The van der Waals surface area contributed by atoms with Gasteiger partial charge in [-0.2, -0.15) is 0 Å². The lowest BCUT2D eigenvalue weighted by Gasteiger charge is -2.20. The normalized spacial score (nSPS) is 15.4. The average Bonchev–Trinajstić information content (AvgIpc) is 2.96. The summed E-state index contributed by atoms with van der Waals surface area (Å²) < 4.78 is 21.8. The minimum Gasteiger partial charge on any atom is -0.507 e. The molecular weight excluding hydrogens is 430 g/mol. The maximum absolute atomic E-state index is 12.6. The van der Waals surface area contributed by atoms with Gasteiger partial charge in [-0.05, 0) is 36.8 Å². The lowest BCUT2D eigenvalue weighted by molar-refractivity contribution is 0.324. The van der Waals surface area contributed by atoms with Crippen LogP contribution in [0.3, 0.4) is 0 Å². The molecule has 7 nitrogen and oxygen atoms in total. The van der Waals surface area contributed by atoms with Crippen LogP contribution in [0.2, 0.25) is 0 Å². The molecule has 0 fully saturated rings. The van der Waals surface area contributed by atoms with Crippen molar-refractivity contribution in [3.8, 4) is 23.0 Å². The van der Waals surface area contributed by atoms with Gasteiger partial charge in [0, 0.05) is 22.6 Å². The van der Waals surface area contributed by atoms with Gasteiger partial charge in [-0.25, -0.2) is 4.79 Å². The first-order valence-electron chi connectivity index (χ1n) is 9.92. The number of methoxy groups -OCH3 is 3. The SMILES string of the molecule is COc1cc([C@H]2CC(c3c(O)cc(C)oc3=O)=Nc3ccccc3S2)cc(OC)c1OC. The molecule has 2 aromatic carbocycles. The fraction of sp³-hybridized carbons (Fsp3) is 0.250. The largest absolute Gasteiger partial charge is 0.507 e. The lowest BCUT2D eigenvalue weighted by Crippen LogP contribution is -2.17. The van der Waals surface area contributed by atoms with Crippen molar-refractivity contribution < 1.29 is 23.7 Å². The molecule has 0 amide bonds.